The summed E-state index contributed by atoms with van der Waals surface area (Å²) in [5.74, 6) is 1.02. The molecule has 0 saturated carbocycles. The molecule has 1 aromatic heterocycles. The van der Waals surface area contributed by atoms with Gasteiger partial charge in [-0.05, 0) is 42.8 Å². The third-order valence-corrected chi connectivity index (χ3v) is 2.17. The highest BCUT2D eigenvalue weighted by molar-refractivity contribution is 5.58. The standard InChI is InChI=1S/C12H11FO2/c1-8-2-3-12(15-8)10-4-9(7-14)5-11(13)6-10/h2-6,14H,7H2,1H3. The molecule has 2 rings (SSSR count). The van der Waals surface area contributed by atoms with Crippen LogP contribution in [0, 0.1) is 12.7 Å². The number of hydrogen-bond acceptors (Lipinski definition) is 2. The zero-order valence-electron chi connectivity index (χ0n) is 8.33. The van der Waals surface area contributed by atoms with Crippen molar-refractivity contribution >= 4 is 0 Å². The van der Waals surface area contributed by atoms with E-state index in [-0.39, 0.29) is 12.4 Å². The van der Waals surface area contributed by atoms with E-state index in [1.807, 2.05) is 13.0 Å². The lowest BCUT2D eigenvalue weighted by Crippen LogP contribution is -1.87. The third kappa shape index (κ3) is 2.07. The topological polar surface area (TPSA) is 33.4 Å². The van der Waals surface area contributed by atoms with Crippen LogP contribution in [0.25, 0.3) is 11.3 Å². The molecule has 0 fully saturated rings. The number of furan rings is 1. The molecule has 0 amide bonds. The van der Waals surface area contributed by atoms with E-state index in [9.17, 15) is 4.39 Å². The predicted molar refractivity (Wildman–Crippen MR) is 54.8 cm³/mol. The van der Waals surface area contributed by atoms with E-state index in [4.69, 9.17) is 9.52 Å². The minimum atomic E-state index is -0.370. The van der Waals surface area contributed by atoms with Crippen molar-refractivity contribution in [1.29, 1.82) is 0 Å². The van der Waals surface area contributed by atoms with E-state index >= 15 is 0 Å². The molecular weight excluding hydrogens is 195 g/mol. The van der Waals surface area contributed by atoms with E-state index in [1.54, 1.807) is 12.1 Å². The average molecular weight is 206 g/mol. The summed E-state index contributed by atoms with van der Waals surface area (Å²) in [7, 11) is 0. The fourth-order valence-electron chi connectivity index (χ4n) is 1.47. The van der Waals surface area contributed by atoms with Gasteiger partial charge in [0.1, 0.15) is 17.3 Å². The monoisotopic (exact) mass is 206 g/mol. The van der Waals surface area contributed by atoms with Gasteiger partial charge in [-0.3, -0.25) is 0 Å². The molecule has 15 heavy (non-hydrogen) atoms. The summed E-state index contributed by atoms with van der Waals surface area (Å²) in [4.78, 5) is 0. The Balaban J connectivity index is 2.48. The Labute approximate surface area is 87.0 Å². The molecule has 0 aliphatic heterocycles. The van der Waals surface area contributed by atoms with Crippen LogP contribution in [0.4, 0.5) is 4.39 Å². The number of halogens is 1. The van der Waals surface area contributed by atoms with Crippen LogP contribution in [0.3, 0.4) is 0 Å². The van der Waals surface area contributed by atoms with Gasteiger partial charge in [0, 0.05) is 5.56 Å². The van der Waals surface area contributed by atoms with Crippen molar-refractivity contribution in [2.75, 3.05) is 0 Å². The van der Waals surface area contributed by atoms with Gasteiger partial charge in [0.25, 0.3) is 0 Å². The Morgan fingerprint density at radius 3 is 2.67 bits per heavy atom. The molecule has 0 saturated heterocycles. The number of hydrogen-bond donors (Lipinski definition) is 1. The largest absolute Gasteiger partial charge is 0.461 e. The first-order valence-electron chi connectivity index (χ1n) is 4.66. The summed E-state index contributed by atoms with van der Waals surface area (Å²) in [5.41, 5.74) is 1.19. The molecule has 2 aromatic rings. The first-order valence-corrected chi connectivity index (χ1v) is 4.66. The van der Waals surface area contributed by atoms with Crippen molar-refractivity contribution in [3.05, 3.63) is 47.5 Å². The smallest absolute Gasteiger partial charge is 0.134 e. The first kappa shape index (κ1) is 9.93. The van der Waals surface area contributed by atoms with Gasteiger partial charge in [-0.1, -0.05) is 0 Å². The van der Waals surface area contributed by atoms with Crippen LogP contribution in [0.1, 0.15) is 11.3 Å². The van der Waals surface area contributed by atoms with Crippen molar-refractivity contribution in [3.63, 3.8) is 0 Å². The molecule has 3 heteroatoms. The predicted octanol–water partition coefficient (Wildman–Crippen LogP) is 2.89. The van der Waals surface area contributed by atoms with Crippen molar-refractivity contribution in [2.24, 2.45) is 0 Å². The molecule has 1 aromatic carbocycles. The zero-order chi connectivity index (χ0) is 10.8. The Morgan fingerprint density at radius 1 is 1.27 bits per heavy atom. The summed E-state index contributed by atoms with van der Waals surface area (Å²) in [5, 5.41) is 8.94. The van der Waals surface area contributed by atoms with Gasteiger partial charge in [-0.2, -0.15) is 0 Å². The Hall–Kier alpha value is -1.61. The summed E-state index contributed by atoms with van der Waals surface area (Å²) in [6, 6.07) is 8.00. The normalized spacial score (nSPS) is 10.6. The van der Waals surface area contributed by atoms with Crippen molar-refractivity contribution in [1.82, 2.24) is 0 Å². The van der Waals surface area contributed by atoms with Crippen LogP contribution in [0.2, 0.25) is 0 Å². The fraction of sp³-hybridized carbons (Fsp3) is 0.167. The molecule has 0 radical (unpaired) electrons. The zero-order valence-corrected chi connectivity index (χ0v) is 8.33. The molecule has 0 aliphatic carbocycles. The van der Waals surface area contributed by atoms with Gasteiger partial charge in [0.15, 0.2) is 0 Å². The molecular formula is C12H11FO2. The summed E-state index contributed by atoms with van der Waals surface area (Å²) < 4.78 is 18.5. The van der Waals surface area contributed by atoms with Crippen LogP contribution >= 0.6 is 0 Å². The Kier molecular flexibility index (Phi) is 2.56. The lowest BCUT2D eigenvalue weighted by Gasteiger charge is -2.01. The van der Waals surface area contributed by atoms with Gasteiger partial charge in [0.2, 0.25) is 0 Å². The van der Waals surface area contributed by atoms with Crippen LogP contribution in [-0.4, -0.2) is 5.11 Å². The van der Waals surface area contributed by atoms with Crippen LogP contribution < -0.4 is 0 Å². The second-order valence-corrected chi connectivity index (χ2v) is 3.42. The molecule has 0 bridgehead atoms. The summed E-state index contributed by atoms with van der Waals surface area (Å²) >= 11 is 0. The van der Waals surface area contributed by atoms with Gasteiger partial charge < -0.3 is 9.52 Å². The van der Waals surface area contributed by atoms with Crippen molar-refractivity contribution < 1.29 is 13.9 Å². The van der Waals surface area contributed by atoms with Crippen LogP contribution in [-0.2, 0) is 6.61 Å². The lowest BCUT2D eigenvalue weighted by molar-refractivity contribution is 0.281. The maximum Gasteiger partial charge on any atom is 0.134 e. The van der Waals surface area contributed by atoms with E-state index in [1.165, 1.54) is 12.1 Å². The SMILES string of the molecule is Cc1ccc(-c2cc(F)cc(CO)c2)o1. The highest BCUT2D eigenvalue weighted by Crippen LogP contribution is 2.24. The van der Waals surface area contributed by atoms with Crippen molar-refractivity contribution in [3.8, 4) is 11.3 Å². The Bertz CT molecular complexity index is 474. The minimum Gasteiger partial charge on any atom is -0.461 e. The molecule has 0 atom stereocenters. The second-order valence-electron chi connectivity index (χ2n) is 3.42. The maximum absolute atomic E-state index is 13.2. The lowest BCUT2D eigenvalue weighted by atomic mass is 10.1. The van der Waals surface area contributed by atoms with Crippen LogP contribution in [0.15, 0.2) is 34.7 Å². The maximum atomic E-state index is 13.2. The van der Waals surface area contributed by atoms with Gasteiger partial charge in [-0.15, -0.1) is 0 Å². The molecule has 0 aliphatic rings. The van der Waals surface area contributed by atoms with E-state index in [0.29, 0.717) is 16.9 Å². The molecule has 78 valence electrons. The van der Waals surface area contributed by atoms with Gasteiger partial charge in [-0.25, -0.2) is 4.39 Å². The first-order chi connectivity index (χ1) is 7.19. The van der Waals surface area contributed by atoms with Gasteiger partial charge >= 0.3 is 0 Å². The van der Waals surface area contributed by atoms with Crippen molar-refractivity contribution in [2.45, 2.75) is 13.5 Å². The van der Waals surface area contributed by atoms with E-state index in [2.05, 4.69) is 0 Å². The van der Waals surface area contributed by atoms with E-state index in [0.717, 1.165) is 5.76 Å². The minimum absolute atomic E-state index is 0.176. The van der Waals surface area contributed by atoms with Gasteiger partial charge in [0.05, 0.1) is 6.61 Å². The summed E-state index contributed by atoms with van der Waals surface area (Å²) in [6.45, 7) is 1.65. The number of aryl methyl sites for hydroxylation is 1. The molecule has 2 nitrogen and oxygen atoms in total. The number of aliphatic hydroxyl groups excluding tert-OH is 1. The number of benzene rings is 1. The average Bonchev–Trinajstić information content (AvgIpc) is 2.64. The molecule has 1 N–H and O–H groups in total. The highest BCUT2D eigenvalue weighted by atomic mass is 19.1. The highest BCUT2D eigenvalue weighted by Gasteiger charge is 2.05. The van der Waals surface area contributed by atoms with Crippen LogP contribution in [0.5, 0.6) is 0 Å². The van der Waals surface area contributed by atoms with E-state index < -0.39 is 0 Å². The second kappa shape index (κ2) is 3.87. The quantitative estimate of drug-likeness (QED) is 0.819. The number of rotatable bonds is 2. The Morgan fingerprint density at radius 2 is 2.07 bits per heavy atom. The third-order valence-electron chi connectivity index (χ3n) is 2.17. The molecule has 1 heterocycles. The summed E-state index contributed by atoms with van der Waals surface area (Å²) in [6.07, 6.45) is 0. The number of aliphatic hydroxyl groups is 1. The molecule has 0 unspecified atom stereocenters. The fourth-order valence-corrected chi connectivity index (χ4v) is 1.47. The molecule has 0 spiro atoms.